The minimum atomic E-state index is -1.13. The lowest BCUT2D eigenvalue weighted by molar-refractivity contribution is 0.0691. The molecule has 1 N–H and O–H groups in total. The molecule has 0 atom stereocenters. The van der Waals surface area contributed by atoms with E-state index in [-0.39, 0.29) is 11.6 Å². The van der Waals surface area contributed by atoms with Crippen LogP contribution in [0.4, 0.5) is 10.1 Å². The van der Waals surface area contributed by atoms with Gasteiger partial charge in [-0.1, -0.05) is 32.0 Å². The zero-order valence-corrected chi connectivity index (χ0v) is 20.6. The summed E-state index contributed by atoms with van der Waals surface area (Å²) < 4.78 is 21.1. The number of ether oxygens (including phenoxy) is 1. The molecule has 1 aliphatic rings. The van der Waals surface area contributed by atoms with Crippen LogP contribution >= 0.6 is 0 Å². The zero-order chi connectivity index (χ0) is 25.4. The van der Waals surface area contributed by atoms with E-state index in [0.717, 1.165) is 53.9 Å². The lowest BCUT2D eigenvalue weighted by Crippen LogP contribution is -2.36. The van der Waals surface area contributed by atoms with Gasteiger partial charge >= 0.3 is 5.97 Å². The van der Waals surface area contributed by atoms with Gasteiger partial charge in [0.1, 0.15) is 5.82 Å². The number of anilines is 1. The number of carbonyl (C=O) groups is 1. The molecule has 5 rings (SSSR count). The fraction of sp³-hybridized carbons (Fsp3) is 0.321. The van der Waals surface area contributed by atoms with E-state index in [4.69, 9.17) is 9.84 Å². The van der Waals surface area contributed by atoms with E-state index >= 15 is 0 Å². The fourth-order valence-electron chi connectivity index (χ4n) is 4.83. The van der Waals surface area contributed by atoms with Crippen LogP contribution < -0.4 is 4.90 Å². The number of carboxylic acid groups (broad SMARTS) is 1. The number of nitrogens with zero attached hydrogens (tertiary/aromatic N) is 4. The number of fused-ring (bicyclic) bond motifs is 1. The van der Waals surface area contributed by atoms with Crippen molar-refractivity contribution in [2.24, 2.45) is 0 Å². The van der Waals surface area contributed by atoms with E-state index in [1.54, 1.807) is 18.2 Å². The zero-order valence-electron chi connectivity index (χ0n) is 20.6. The Morgan fingerprint density at radius 2 is 1.86 bits per heavy atom. The van der Waals surface area contributed by atoms with Crippen LogP contribution in [0.25, 0.3) is 27.8 Å². The van der Waals surface area contributed by atoms with Gasteiger partial charge in [0.15, 0.2) is 11.3 Å². The third-order valence-corrected chi connectivity index (χ3v) is 6.81. The van der Waals surface area contributed by atoms with E-state index in [2.05, 4.69) is 29.1 Å². The molecule has 0 saturated carbocycles. The Labute approximate surface area is 209 Å². The standard InChI is InChI=1S/C28H29FN4O3/c1-17(2)26-25-23(18-7-9-20(10-8-18)32(3)21-11-13-36-14-12-21)16-24(28(34)35)30-27(25)33(31-26)22-6-4-5-19(29)15-22/h4-10,15-17,21H,11-14H2,1-3H3,(H,34,35). The van der Waals surface area contributed by atoms with Gasteiger partial charge < -0.3 is 14.7 Å². The first-order valence-electron chi connectivity index (χ1n) is 12.2. The van der Waals surface area contributed by atoms with Crippen molar-refractivity contribution in [1.82, 2.24) is 14.8 Å². The summed E-state index contributed by atoms with van der Waals surface area (Å²) in [7, 11) is 2.10. The number of hydrogen-bond acceptors (Lipinski definition) is 5. The predicted octanol–water partition coefficient (Wildman–Crippen LogP) is 5.66. The Morgan fingerprint density at radius 3 is 2.50 bits per heavy atom. The monoisotopic (exact) mass is 488 g/mol. The molecule has 0 radical (unpaired) electrons. The van der Waals surface area contributed by atoms with Gasteiger partial charge in [0.25, 0.3) is 0 Å². The van der Waals surface area contributed by atoms with Gasteiger partial charge in [-0.25, -0.2) is 18.9 Å². The van der Waals surface area contributed by atoms with Crippen LogP contribution in [-0.2, 0) is 4.74 Å². The molecule has 8 heteroatoms. The molecule has 0 amide bonds. The van der Waals surface area contributed by atoms with E-state index in [9.17, 15) is 14.3 Å². The van der Waals surface area contributed by atoms with Gasteiger partial charge in [-0.2, -0.15) is 5.10 Å². The van der Waals surface area contributed by atoms with Crippen molar-refractivity contribution in [2.45, 2.75) is 38.6 Å². The summed E-state index contributed by atoms with van der Waals surface area (Å²) in [4.78, 5) is 18.7. The molecule has 4 aromatic rings. The van der Waals surface area contributed by atoms with Gasteiger partial charge in [-0.05, 0) is 66.3 Å². The summed E-state index contributed by atoms with van der Waals surface area (Å²) in [5.41, 5.74) is 4.27. The number of benzene rings is 2. The van der Waals surface area contributed by atoms with Crippen LogP contribution in [0.1, 0.15) is 48.8 Å². The maximum atomic E-state index is 14.0. The van der Waals surface area contributed by atoms with Crippen molar-refractivity contribution >= 4 is 22.7 Å². The first kappa shape index (κ1) is 23.9. The van der Waals surface area contributed by atoms with E-state index < -0.39 is 11.8 Å². The van der Waals surface area contributed by atoms with Gasteiger partial charge in [0.2, 0.25) is 0 Å². The van der Waals surface area contributed by atoms with Crippen LogP contribution in [0.15, 0.2) is 54.6 Å². The van der Waals surface area contributed by atoms with E-state index in [1.165, 1.54) is 16.8 Å². The second-order valence-corrected chi connectivity index (χ2v) is 9.49. The molecular formula is C28H29FN4O3. The number of rotatable bonds is 6. The van der Waals surface area contributed by atoms with Crippen molar-refractivity contribution in [3.05, 3.63) is 71.8 Å². The second-order valence-electron chi connectivity index (χ2n) is 9.49. The minimum absolute atomic E-state index is 0.0393. The van der Waals surface area contributed by atoms with Crippen molar-refractivity contribution < 1.29 is 19.0 Å². The van der Waals surface area contributed by atoms with Crippen molar-refractivity contribution in [1.29, 1.82) is 0 Å². The molecular weight excluding hydrogens is 459 g/mol. The van der Waals surface area contributed by atoms with Crippen LogP contribution in [0.3, 0.4) is 0 Å². The van der Waals surface area contributed by atoms with Crippen molar-refractivity contribution in [2.75, 3.05) is 25.2 Å². The summed E-state index contributed by atoms with van der Waals surface area (Å²) in [6.45, 7) is 5.59. The highest BCUT2D eigenvalue weighted by atomic mass is 19.1. The number of pyridine rings is 1. The van der Waals surface area contributed by atoms with Crippen molar-refractivity contribution in [3.63, 3.8) is 0 Å². The second kappa shape index (κ2) is 9.70. The highest BCUT2D eigenvalue weighted by Gasteiger charge is 2.24. The topological polar surface area (TPSA) is 80.5 Å². The van der Waals surface area contributed by atoms with Crippen LogP contribution in [0.5, 0.6) is 0 Å². The normalized spacial score (nSPS) is 14.5. The molecule has 1 aliphatic heterocycles. The Morgan fingerprint density at radius 1 is 1.14 bits per heavy atom. The molecule has 0 aliphatic carbocycles. The Kier molecular flexibility index (Phi) is 6.45. The first-order valence-corrected chi connectivity index (χ1v) is 12.2. The quantitative estimate of drug-likeness (QED) is 0.377. The molecule has 186 valence electrons. The first-order chi connectivity index (χ1) is 17.3. The maximum Gasteiger partial charge on any atom is 0.354 e. The average molecular weight is 489 g/mol. The number of carboxylic acids is 1. The Hall–Kier alpha value is -3.78. The highest BCUT2D eigenvalue weighted by Crippen LogP contribution is 2.36. The summed E-state index contributed by atoms with van der Waals surface area (Å²) in [5.74, 6) is -1.49. The fourth-order valence-corrected chi connectivity index (χ4v) is 4.83. The lowest BCUT2D eigenvalue weighted by atomic mass is 9.97. The third kappa shape index (κ3) is 4.44. The van der Waals surface area contributed by atoms with Gasteiger partial charge in [-0.15, -0.1) is 0 Å². The molecule has 1 fully saturated rings. The van der Waals surface area contributed by atoms with Gasteiger partial charge in [0.05, 0.1) is 16.8 Å². The summed E-state index contributed by atoms with van der Waals surface area (Å²) in [6.07, 6.45) is 1.98. The number of aromatic nitrogens is 3. The summed E-state index contributed by atoms with van der Waals surface area (Å²) >= 11 is 0. The van der Waals surface area contributed by atoms with E-state index in [0.29, 0.717) is 17.4 Å². The maximum absolute atomic E-state index is 14.0. The van der Waals surface area contributed by atoms with Gasteiger partial charge in [-0.3, -0.25) is 0 Å². The Balaban J connectivity index is 1.66. The average Bonchev–Trinajstić information content (AvgIpc) is 3.28. The predicted molar refractivity (Wildman–Crippen MR) is 138 cm³/mol. The minimum Gasteiger partial charge on any atom is -0.477 e. The largest absolute Gasteiger partial charge is 0.477 e. The summed E-state index contributed by atoms with van der Waals surface area (Å²) in [6, 6.07) is 16.2. The molecule has 0 spiro atoms. The van der Waals surface area contributed by atoms with Gasteiger partial charge in [0, 0.05) is 32.0 Å². The Bertz CT molecular complexity index is 1410. The molecule has 0 bridgehead atoms. The van der Waals surface area contributed by atoms with Crippen LogP contribution in [0.2, 0.25) is 0 Å². The number of halogens is 1. The molecule has 1 saturated heterocycles. The van der Waals surface area contributed by atoms with Crippen molar-refractivity contribution in [3.8, 4) is 16.8 Å². The SMILES string of the molecule is CC(C)c1nn(-c2cccc(F)c2)c2nc(C(=O)O)cc(-c3ccc(N(C)C4CCOCC4)cc3)c12. The molecule has 2 aromatic heterocycles. The number of aromatic carboxylic acids is 1. The molecule has 3 heterocycles. The molecule has 0 unspecified atom stereocenters. The lowest BCUT2D eigenvalue weighted by Gasteiger charge is -2.33. The summed E-state index contributed by atoms with van der Waals surface area (Å²) in [5, 5.41) is 15.4. The third-order valence-electron chi connectivity index (χ3n) is 6.81. The molecule has 2 aromatic carbocycles. The molecule has 36 heavy (non-hydrogen) atoms. The highest BCUT2D eigenvalue weighted by molar-refractivity contribution is 6.00. The van der Waals surface area contributed by atoms with E-state index in [1.807, 2.05) is 26.0 Å². The van der Waals surface area contributed by atoms with Crippen LogP contribution in [-0.4, -0.2) is 52.1 Å². The number of hydrogen-bond donors (Lipinski definition) is 1. The van der Waals surface area contributed by atoms with Crippen LogP contribution in [0, 0.1) is 5.82 Å². The molecule has 7 nitrogen and oxygen atoms in total. The smallest absolute Gasteiger partial charge is 0.354 e.